The summed E-state index contributed by atoms with van der Waals surface area (Å²) in [7, 11) is 0. The summed E-state index contributed by atoms with van der Waals surface area (Å²) in [4.78, 5) is 1.42. The average molecular weight is 273 g/mol. The SMILES string of the molecule is c1csc(CC2NCCc3cc4c(cc32)OCO4)c1. The molecule has 0 saturated heterocycles. The van der Waals surface area contributed by atoms with Crippen molar-refractivity contribution in [1.82, 2.24) is 5.32 Å². The van der Waals surface area contributed by atoms with Crippen LogP contribution < -0.4 is 14.8 Å². The fourth-order valence-corrected chi connectivity index (χ4v) is 3.60. The van der Waals surface area contributed by atoms with Crippen LogP contribution in [0.5, 0.6) is 11.5 Å². The molecule has 0 fully saturated rings. The molecular weight excluding hydrogens is 258 g/mol. The van der Waals surface area contributed by atoms with Crippen molar-refractivity contribution in [3.8, 4) is 11.5 Å². The molecule has 0 saturated carbocycles. The molecule has 0 bridgehead atoms. The summed E-state index contributed by atoms with van der Waals surface area (Å²) in [5.41, 5.74) is 2.76. The standard InChI is InChI=1S/C15H15NO2S/c1-2-11(19-5-1)7-13-12-8-15-14(17-9-18-15)6-10(12)3-4-16-13/h1-2,5-6,8,13,16H,3-4,7,9H2. The second kappa shape index (κ2) is 4.54. The van der Waals surface area contributed by atoms with Gasteiger partial charge in [0, 0.05) is 17.3 Å². The van der Waals surface area contributed by atoms with Crippen LogP contribution in [0.15, 0.2) is 29.6 Å². The van der Waals surface area contributed by atoms with E-state index in [1.54, 1.807) is 0 Å². The number of benzene rings is 1. The fraction of sp³-hybridized carbons (Fsp3) is 0.333. The highest BCUT2D eigenvalue weighted by atomic mass is 32.1. The van der Waals surface area contributed by atoms with Gasteiger partial charge in [0.1, 0.15) is 0 Å². The van der Waals surface area contributed by atoms with Crippen molar-refractivity contribution in [2.24, 2.45) is 0 Å². The highest BCUT2D eigenvalue weighted by molar-refractivity contribution is 7.09. The number of ether oxygens (including phenoxy) is 2. The molecule has 1 N–H and O–H groups in total. The number of nitrogens with one attached hydrogen (secondary N) is 1. The topological polar surface area (TPSA) is 30.5 Å². The van der Waals surface area contributed by atoms with Crippen molar-refractivity contribution in [2.75, 3.05) is 13.3 Å². The van der Waals surface area contributed by atoms with E-state index in [0.717, 1.165) is 30.9 Å². The summed E-state index contributed by atoms with van der Waals surface area (Å²) in [5.74, 6) is 1.79. The van der Waals surface area contributed by atoms with Crippen LogP contribution in [0.25, 0.3) is 0 Å². The van der Waals surface area contributed by atoms with Crippen molar-refractivity contribution in [3.05, 3.63) is 45.6 Å². The van der Waals surface area contributed by atoms with E-state index in [1.807, 2.05) is 11.3 Å². The first kappa shape index (κ1) is 11.3. The van der Waals surface area contributed by atoms with Gasteiger partial charge in [-0.15, -0.1) is 11.3 Å². The number of hydrogen-bond donors (Lipinski definition) is 1. The Morgan fingerprint density at radius 2 is 2.16 bits per heavy atom. The van der Waals surface area contributed by atoms with Crippen LogP contribution in [0.3, 0.4) is 0 Å². The lowest BCUT2D eigenvalue weighted by molar-refractivity contribution is 0.174. The van der Waals surface area contributed by atoms with E-state index in [-0.39, 0.29) is 0 Å². The van der Waals surface area contributed by atoms with Gasteiger partial charge in [-0.2, -0.15) is 0 Å². The summed E-state index contributed by atoms with van der Waals surface area (Å²) in [6, 6.07) is 9.01. The van der Waals surface area contributed by atoms with Gasteiger partial charge < -0.3 is 14.8 Å². The predicted octanol–water partition coefficient (Wildman–Crippen LogP) is 2.91. The van der Waals surface area contributed by atoms with Gasteiger partial charge >= 0.3 is 0 Å². The Labute approximate surface area is 116 Å². The third-order valence-electron chi connectivity index (χ3n) is 3.78. The van der Waals surface area contributed by atoms with Gasteiger partial charge in [0.25, 0.3) is 0 Å². The molecule has 4 rings (SSSR count). The third kappa shape index (κ3) is 2.01. The highest BCUT2D eigenvalue weighted by Crippen LogP contribution is 2.39. The third-order valence-corrected chi connectivity index (χ3v) is 4.68. The van der Waals surface area contributed by atoms with Crippen LogP contribution in [0, 0.1) is 0 Å². The van der Waals surface area contributed by atoms with Crippen LogP contribution in [-0.4, -0.2) is 13.3 Å². The molecule has 0 aliphatic carbocycles. The molecule has 1 atom stereocenters. The highest BCUT2D eigenvalue weighted by Gasteiger charge is 2.25. The Kier molecular flexibility index (Phi) is 2.71. The fourth-order valence-electron chi connectivity index (χ4n) is 2.84. The number of fused-ring (bicyclic) bond motifs is 2. The Morgan fingerprint density at radius 3 is 3.00 bits per heavy atom. The molecule has 2 aliphatic rings. The summed E-state index contributed by atoms with van der Waals surface area (Å²) >= 11 is 1.82. The minimum atomic E-state index is 0.348. The van der Waals surface area contributed by atoms with Crippen molar-refractivity contribution < 1.29 is 9.47 Å². The number of hydrogen-bond acceptors (Lipinski definition) is 4. The van der Waals surface area contributed by atoms with E-state index in [1.165, 1.54) is 16.0 Å². The first-order chi connectivity index (χ1) is 9.40. The lowest BCUT2D eigenvalue weighted by atomic mass is 9.91. The predicted molar refractivity (Wildman–Crippen MR) is 75.0 cm³/mol. The molecule has 1 aromatic heterocycles. The molecule has 0 amide bonds. The van der Waals surface area contributed by atoms with Gasteiger partial charge in [-0.25, -0.2) is 0 Å². The van der Waals surface area contributed by atoms with E-state index in [4.69, 9.17) is 9.47 Å². The molecule has 2 aromatic rings. The monoisotopic (exact) mass is 273 g/mol. The van der Waals surface area contributed by atoms with Gasteiger partial charge in [-0.05, 0) is 47.7 Å². The molecular formula is C15H15NO2S. The molecule has 4 heteroatoms. The Balaban J connectivity index is 1.69. The maximum atomic E-state index is 5.50. The second-order valence-electron chi connectivity index (χ2n) is 4.94. The molecule has 3 heterocycles. The average Bonchev–Trinajstić information content (AvgIpc) is 3.07. The lowest BCUT2D eigenvalue weighted by Gasteiger charge is -2.27. The van der Waals surface area contributed by atoms with Gasteiger partial charge in [0.15, 0.2) is 11.5 Å². The van der Waals surface area contributed by atoms with Gasteiger partial charge in [-0.3, -0.25) is 0 Å². The van der Waals surface area contributed by atoms with Crippen molar-refractivity contribution in [1.29, 1.82) is 0 Å². The maximum absolute atomic E-state index is 5.50. The molecule has 1 unspecified atom stereocenters. The summed E-state index contributed by atoms with van der Waals surface area (Å²) in [5, 5.41) is 5.75. The molecule has 98 valence electrons. The van der Waals surface area contributed by atoms with Crippen LogP contribution in [0.4, 0.5) is 0 Å². The lowest BCUT2D eigenvalue weighted by Crippen LogP contribution is -2.31. The van der Waals surface area contributed by atoms with Crippen LogP contribution >= 0.6 is 11.3 Å². The molecule has 1 aromatic carbocycles. The minimum Gasteiger partial charge on any atom is -0.454 e. The van der Waals surface area contributed by atoms with E-state index in [2.05, 4.69) is 35.0 Å². The Hall–Kier alpha value is -1.52. The van der Waals surface area contributed by atoms with Crippen molar-refractivity contribution in [3.63, 3.8) is 0 Å². The molecule has 2 aliphatic heterocycles. The maximum Gasteiger partial charge on any atom is 0.231 e. The van der Waals surface area contributed by atoms with Crippen LogP contribution in [0.2, 0.25) is 0 Å². The van der Waals surface area contributed by atoms with Gasteiger partial charge in [0.2, 0.25) is 6.79 Å². The largest absolute Gasteiger partial charge is 0.454 e. The van der Waals surface area contributed by atoms with Gasteiger partial charge in [-0.1, -0.05) is 6.07 Å². The first-order valence-corrected chi connectivity index (χ1v) is 7.46. The number of thiophene rings is 1. The molecule has 3 nitrogen and oxygen atoms in total. The summed E-state index contributed by atoms with van der Waals surface area (Å²) in [6.07, 6.45) is 2.11. The van der Waals surface area contributed by atoms with E-state index in [9.17, 15) is 0 Å². The molecule has 0 radical (unpaired) electrons. The molecule has 19 heavy (non-hydrogen) atoms. The summed E-state index contributed by atoms with van der Waals surface area (Å²) in [6.45, 7) is 1.38. The summed E-state index contributed by atoms with van der Waals surface area (Å²) < 4.78 is 11.0. The van der Waals surface area contributed by atoms with E-state index >= 15 is 0 Å². The van der Waals surface area contributed by atoms with Gasteiger partial charge in [0.05, 0.1) is 0 Å². The van der Waals surface area contributed by atoms with E-state index < -0.39 is 0 Å². The zero-order chi connectivity index (χ0) is 12.7. The second-order valence-corrected chi connectivity index (χ2v) is 5.98. The normalized spacial score (nSPS) is 20.3. The molecule has 0 spiro atoms. The smallest absolute Gasteiger partial charge is 0.231 e. The number of rotatable bonds is 2. The zero-order valence-corrected chi connectivity index (χ0v) is 11.3. The van der Waals surface area contributed by atoms with Crippen LogP contribution in [0.1, 0.15) is 22.0 Å². The first-order valence-electron chi connectivity index (χ1n) is 6.58. The Morgan fingerprint density at radius 1 is 1.26 bits per heavy atom. The van der Waals surface area contributed by atoms with Crippen LogP contribution in [-0.2, 0) is 12.8 Å². The van der Waals surface area contributed by atoms with Crippen molar-refractivity contribution in [2.45, 2.75) is 18.9 Å². The van der Waals surface area contributed by atoms with E-state index in [0.29, 0.717) is 12.8 Å². The minimum absolute atomic E-state index is 0.348. The zero-order valence-electron chi connectivity index (χ0n) is 10.5. The quantitative estimate of drug-likeness (QED) is 0.912. The Bertz CT molecular complexity index is 594. The van der Waals surface area contributed by atoms with Crippen molar-refractivity contribution >= 4 is 11.3 Å².